The fourth-order valence-corrected chi connectivity index (χ4v) is 2.99. The molecule has 5 heteroatoms. The summed E-state index contributed by atoms with van der Waals surface area (Å²) in [5, 5.41) is 10.6. The molecule has 1 aliphatic rings. The lowest BCUT2D eigenvalue weighted by Gasteiger charge is -2.23. The smallest absolute Gasteiger partial charge is 0.328 e. The van der Waals surface area contributed by atoms with Gasteiger partial charge >= 0.3 is 5.97 Å². The van der Waals surface area contributed by atoms with Crippen LogP contribution in [0.4, 0.5) is 0 Å². The Labute approximate surface area is 129 Å². The van der Waals surface area contributed by atoms with Crippen molar-refractivity contribution < 1.29 is 14.7 Å². The minimum Gasteiger partial charge on any atom is -0.478 e. The Bertz CT molecular complexity index is 543. The van der Waals surface area contributed by atoms with Crippen molar-refractivity contribution in [2.24, 2.45) is 5.92 Å². The maximum absolute atomic E-state index is 12.7. The number of aliphatic carboxylic acids is 1. The Hall–Kier alpha value is -1.62. The van der Waals surface area contributed by atoms with Crippen molar-refractivity contribution in [2.75, 3.05) is 6.54 Å². The molecule has 0 unspecified atom stereocenters. The first kappa shape index (κ1) is 15.8. The molecular formula is C16H21NO3S. The molecule has 1 amide bonds. The molecule has 1 heterocycles. The van der Waals surface area contributed by atoms with E-state index in [1.807, 2.05) is 10.3 Å². The molecule has 0 saturated heterocycles. The van der Waals surface area contributed by atoms with Gasteiger partial charge in [0.25, 0.3) is 5.91 Å². The number of carboxylic acids is 1. The van der Waals surface area contributed by atoms with Crippen molar-refractivity contribution in [3.63, 3.8) is 0 Å². The van der Waals surface area contributed by atoms with Crippen LogP contribution >= 0.6 is 11.3 Å². The van der Waals surface area contributed by atoms with Crippen LogP contribution < -0.4 is 0 Å². The molecule has 1 aliphatic carbocycles. The predicted molar refractivity (Wildman–Crippen MR) is 84.5 cm³/mol. The summed E-state index contributed by atoms with van der Waals surface area (Å²) >= 11 is 1.38. The highest BCUT2D eigenvalue weighted by Crippen LogP contribution is 2.31. The van der Waals surface area contributed by atoms with E-state index in [1.165, 1.54) is 17.4 Å². The van der Waals surface area contributed by atoms with Gasteiger partial charge in [-0.2, -0.15) is 0 Å². The second-order valence-electron chi connectivity index (χ2n) is 5.79. The zero-order chi connectivity index (χ0) is 15.4. The van der Waals surface area contributed by atoms with Gasteiger partial charge in [0.05, 0.1) is 4.88 Å². The zero-order valence-corrected chi connectivity index (χ0v) is 13.2. The highest BCUT2D eigenvalue weighted by atomic mass is 32.1. The number of carbonyl (C=O) groups is 2. The number of rotatable bonds is 7. The number of hydrogen-bond donors (Lipinski definition) is 1. The first-order valence-corrected chi connectivity index (χ1v) is 8.16. The van der Waals surface area contributed by atoms with Gasteiger partial charge in [0.1, 0.15) is 0 Å². The molecule has 0 radical (unpaired) electrons. The van der Waals surface area contributed by atoms with Crippen LogP contribution in [0, 0.1) is 5.92 Å². The average molecular weight is 307 g/mol. The third-order valence-electron chi connectivity index (χ3n) is 3.49. The number of carbonyl (C=O) groups excluding carboxylic acids is 1. The van der Waals surface area contributed by atoms with Gasteiger partial charge in [-0.05, 0) is 48.3 Å². The van der Waals surface area contributed by atoms with E-state index in [0.29, 0.717) is 22.4 Å². The average Bonchev–Trinajstić information content (AvgIpc) is 3.13. The van der Waals surface area contributed by atoms with Gasteiger partial charge in [0.2, 0.25) is 0 Å². The molecule has 0 bridgehead atoms. The van der Waals surface area contributed by atoms with Crippen LogP contribution in [0.2, 0.25) is 0 Å². The fraction of sp³-hybridized carbons (Fsp3) is 0.500. The van der Waals surface area contributed by atoms with Crippen molar-refractivity contribution in [1.82, 2.24) is 4.90 Å². The van der Waals surface area contributed by atoms with E-state index in [0.717, 1.165) is 31.9 Å². The molecule has 0 aliphatic heterocycles. The Kier molecular flexibility index (Phi) is 5.17. The summed E-state index contributed by atoms with van der Waals surface area (Å²) < 4.78 is 0. The normalized spacial score (nSPS) is 14.8. The van der Waals surface area contributed by atoms with Crippen LogP contribution in [-0.4, -0.2) is 34.5 Å². The van der Waals surface area contributed by atoms with Crippen LogP contribution in [0.3, 0.4) is 0 Å². The van der Waals surface area contributed by atoms with E-state index in [2.05, 4.69) is 13.8 Å². The van der Waals surface area contributed by atoms with Crippen molar-refractivity contribution in [2.45, 2.75) is 39.2 Å². The first-order valence-electron chi connectivity index (χ1n) is 7.28. The van der Waals surface area contributed by atoms with E-state index >= 15 is 0 Å². The number of thiophene rings is 1. The molecule has 4 nitrogen and oxygen atoms in total. The Morgan fingerprint density at radius 2 is 2.19 bits per heavy atom. The largest absolute Gasteiger partial charge is 0.478 e. The lowest BCUT2D eigenvalue weighted by Crippen LogP contribution is -2.34. The fourth-order valence-electron chi connectivity index (χ4n) is 2.15. The van der Waals surface area contributed by atoms with Crippen molar-refractivity contribution >= 4 is 29.3 Å². The van der Waals surface area contributed by atoms with E-state index in [1.54, 1.807) is 6.07 Å². The molecule has 1 N–H and O–H groups in total. The molecule has 0 aromatic carbocycles. The van der Waals surface area contributed by atoms with Gasteiger partial charge in [-0.3, -0.25) is 4.79 Å². The quantitative estimate of drug-likeness (QED) is 0.784. The number of amides is 1. The maximum Gasteiger partial charge on any atom is 0.328 e. The van der Waals surface area contributed by atoms with Gasteiger partial charge in [0.15, 0.2) is 0 Å². The van der Waals surface area contributed by atoms with E-state index in [9.17, 15) is 9.59 Å². The Morgan fingerprint density at radius 1 is 1.48 bits per heavy atom. The molecular weight excluding hydrogens is 286 g/mol. The van der Waals surface area contributed by atoms with E-state index < -0.39 is 5.97 Å². The minimum atomic E-state index is -1.00. The van der Waals surface area contributed by atoms with Crippen LogP contribution in [-0.2, 0) is 4.79 Å². The molecule has 0 spiro atoms. The summed E-state index contributed by atoms with van der Waals surface area (Å²) in [6.45, 7) is 5.09. The lowest BCUT2D eigenvalue weighted by molar-refractivity contribution is -0.131. The zero-order valence-electron chi connectivity index (χ0n) is 12.4. The van der Waals surface area contributed by atoms with Crippen LogP contribution in [0.1, 0.15) is 48.3 Å². The van der Waals surface area contributed by atoms with Gasteiger partial charge in [-0.1, -0.05) is 13.8 Å². The van der Waals surface area contributed by atoms with Crippen molar-refractivity contribution in [3.8, 4) is 0 Å². The second-order valence-corrected chi connectivity index (χ2v) is 6.70. The van der Waals surface area contributed by atoms with Gasteiger partial charge in [0, 0.05) is 18.7 Å². The third kappa shape index (κ3) is 4.43. The van der Waals surface area contributed by atoms with Crippen LogP contribution in [0.15, 0.2) is 17.5 Å². The van der Waals surface area contributed by atoms with Gasteiger partial charge in [-0.25, -0.2) is 4.79 Å². The van der Waals surface area contributed by atoms with Gasteiger partial charge < -0.3 is 10.0 Å². The molecule has 1 aromatic rings. The maximum atomic E-state index is 12.7. The summed E-state index contributed by atoms with van der Waals surface area (Å²) in [5.74, 6) is -0.398. The highest BCUT2D eigenvalue weighted by molar-refractivity contribution is 7.12. The first-order chi connectivity index (χ1) is 9.99. The molecule has 1 saturated carbocycles. The van der Waals surface area contributed by atoms with Crippen LogP contribution in [0.25, 0.3) is 6.08 Å². The highest BCUT2D eigenvalue weighted by Gasteiger charge is 2.33. The predicted octanol–water partition coefficient (Wildman–Crippen LogP) is 3.50. The molecule has 1 aromatic heterocycles. The summed E-state index contributed by atoms with van der Waals surface area (Å²) in [7, 11) is 0. The summed E-state index contributed by atoms with van der Waals surface area (Å²) in [6.07, 6.45) is 5.73. The minimum absolute atomic E-state index is 0.0400. The number of carboxylic acid groups (broad SMARTS) is 1. The third-order valence-corrected chi connectivity index (χ3v) is 4.41. The topological polar surface area (TPSA) is 57.6 Å². The SMILES string of the molecule is CC(C)CCN(C(=O)c1sccc1/C=C/C(=O)O)C1CC1. The van der Waals surface area contributed by atoms with Gasteiger partial charge in [-0.15, -0.1) is 11.3 Å². The summed E-state index contributed by atoms with van der Waals surface area (Å²) in [6, 6.07) is 2.17. The molecule has 2 rings (SSSR count). The second kappa shape index (κ2) is 6.89. The molecule has 1 fully saturated rings. The molecule has 0 atom stereocenters. The van der Waals surface area contributed by atoms with Crippen LogP contribution in [0.5, 0.6) is 0 Å². The lowest BCUT2D eigenvalue weighted by atomic mass is 10.1. The van der Waals surface area contributed by atoms with E-state index in [4.69, 9.17) is 5.11 Å². The molecule has 21 heavy (non-hydrogen) atoms. The van der Waals surface area contributed by atoms with E-state index in [-0.39, 0.29) is 5.91 Å². The van der Waals surface area contributed by atoms with Crippen molar-refractivity contribution in [3.05, 3.63) is 28.0 Å². The number of hydrogen-bond acceptors (Lipinski definition) is 3. The Morgan fingerprint density at radius 3 is 2.76 bits per heavy atom. The standard InChI is InChI=1S/C16H21NO3S/c1-11(2)7-9-17(13-4-5-13)16(20)15-12(8-10-21-15)3-6-14(18)19/h3,6,8,10-11,13H,4-5,7,9H2,1-2H3,(H,18,19)/b6-3+. The molecule has 114 valence electrons. The monoisotopic (exact) mass is 307 g/mol. The summed E-state index contributed by atoms with van der Waals surface area (Å²) in [4.78, 5) is 26.0. The Balaban J connectivity index is 2.13. The summed E-state index contributed by atoms with van der Waals surface area (Å²) in [5.41, 5.74) is 0.697. The number of nitrogens with zero attached hydrogens (tertiary/aromatic N) is 1. The van der Waals surface area contributed by atoms with Crippen molar-refractivity contribution in [1.29, 1.82) is 0 Å².